The molecule has 0 heterocycles. The first-order valence-corrected chi connectivity index (χ1v) is 7.67. The van der Waals surface area contributed by atoms with Crippen LogP contribution in [0.15, 0.2) is 18.2 Å². The van der Waals surface area contributed by atoms with Gasteiger partial charge in [-0.25, -0.2) is 0 Å². The van der Waals surface area contributed by atoms with Gasteiger partial charge in [-0.1, -0.05) is 50.4 Å². The minimum absolute atomic E-state index is 0.509. The van der Waals surface area contributed by atoms with Gasteiger partial charge in [-0.3, -0.25) is 0 Å². The van der Waals surface area contributed by atoms with Crippen molar-refractivity contribution in [2.45, 2.75) is 39.5 Å². The summed E-state index contributed by atoms with van der Waals surface area (Å²) in [6.45, 7) is 8.68. The van der Waals surface area contributed by atoms with Crippen LogP contribution in [0.4, 0.5) is 5.69 Å². The van der Waals surface area contributed by atoms with E-state index in [9.17, 15) is 0 Å². The molecular weight excluding hydrogens is 265 g/mol. The Morgan fingerprint density at radius 1 is 1.17 bits per heavy atom. The molecule has 0 N–H and O–H groups in total. The first-order chi connectivity index (χ1) is 8.67. The fourth-order valence-electron chi connectivity index (χ4n) is 2.26. The molecule has 1 aromatic rings. The lowest BCUT2D eigenvalue weighted by Gasteiger charge is -2.30. The van der Waals surface area contributed by atoms with Crippen LogP contribution < -0.4 is 4.90 Å². The molecular formula is C15H23Cl2N. The van der Waals surface area contributed by atoms with Gasteiger partial charge in [0.1, 0.15) is 0 Å². The minimum Gasteiger partial charge on any atom is -0.370 e. The normalized spacial score (nSPS) is 11.0. The van der Waals surface area contributed by atoms with Gasteiger partial charge in [-0.05, 0) is 24.5 Å². The molecule has 0 aliphatic heterocycles. The van der Waals surface area contributed by atoms with Gasteiger partial charge in [0.15, 0.2) is 0 Å². The average Bonchev–Trinajstić information content (AvgIpc) is 2.41. The highest BCUT2D eigenvalue weighted by molar-refractivity contribution is 6.33. The maximum Gasteiger partial charge on any atom is 0.0642 e. The van der Waals surface area contributed by atoms with Crippen LogP contribution in [0.1, 0.15) is 39.2 Å². The summed E-state index contributed by atoms with van der Waals surface area (Å²) in [7, 11) is 0. The molecule has 0 radical (unpaired) electrons. The standard InChI is InChI=1S/C15H23Cl2N/c1-4-12(5-2)11-18(6-3)15-13(10-16)8-7-9-14(15)17/h7-9,12H,4-6,10-11H2,1-3H3. The molecule has 0 saturated heterocycles. The van der Waals surface area contributed by atoms with Gasteiger partial charge in [0.05, 0.1) is 10.7 Å². The number of halogens is 2. The van der Waals surface area contributed by atoms with E-state index in [1.165, 1.54) is 12.8 Å². The summed E-state index contributed by atoms with van der Waals surface area (Å²) in [6.07, 6.45) is 2.40. The SMILES string of the molecule is CCC(CC)CN(CC)c1c(Cl)cccc1CCl. The van der Waals surface area contributed by atoms with Crippen molar-refractivity contribution >= 4 is 28.9 Å². The molecule has 0 aliphatic carbocycles. The highest BCUT2D eigenvalue weighted by Gasteiger charge is 2.16. The lowest BCUT2D eigenvalue weighted by atomic mass is 10.0. The second kappa shape index (κ2) is 7.91. The number of benzene rings is 1. The van der Waals surface area contributed by atoms with Crippen molar-refractivity contribution in [1.29, 1.82) is 0 Å². The Morgan fingerprint density at radius 3 is 2.33 bits per heavy atom. The van der Waals surface area contributed by atoms with Gasteiger partial charge in [-0.2, -0.15) is 0 Å². The molecule has 0 saturated carbocycles. The van der Waals surface area contributed by atoms with Crippen LogP contribution in [0.5, 0.6) is 0 Å². The van der Waals surface area contributed by atoms with Crippen molar-refractivity contribution in [3.63, 3.8) is 0 Å². The maximum atomic E-state index is 6.35. The fourth-order valence-corrected chi connectivity index (χ4v) is 2.79. The molecule has 0 fully saturated rings. The van der Waals surface area contributed by atoms with Crippen molar-refractivity contribution in [1.82, 2.24) is 0 Å². The summed E-state index contributed by atoms with van der Waals surface area (Å²) in [5.74, 6) is 1.22. The van der Waals surface area contributed by atoms with E-state index in [0.717, 1.165) is 29.4 Å². The first-order valence-electron chi connectivity index (χ1n) is 6.76. The zero-order chi connectivity index (χ0) is 13.5. The van der Waals surface area contributed by atoms with Crippen LogP contribution >= 0.6 is 23.2 Å². The summed E-state index contributed by atoms with van der Waals surface area (Å²) in [5.41, 5.74) is 2.24. The number of nitrogens with zero attached hydrogens (tertiary/aromatic N) is 1. The number of hydrogen-bond acceptors (Lipinski definition) is 1. The largest absolute Gasteiger partial charge is 0.370 e. The van der Waals surface area contributed by atoms with E-state index in [-0.39, 0.29) is 0 Å². The van der Waals surface area contributed by atoms with Gasteiger partial charge in [0.2, 0.25) is 0 Å². The predicted octanol–water partition coefficient (Wildman–Crippen LogP) is 5.34. The Bertz CT molecular complexity index is 362. The van der Waals surface area contributed by atoms with Crippen molar-refractivity contribution < 1.29 is 0 Å². The van der Waals surface area contributed by atoms with E-state index < -0.39 is 0 Å². The second-order valence-electron chi connectivity index (χ2n) is 4.60. The average molecular weight is 288 g/mol. The minimum atomic E-state index is 0.509. The number of alkyl halides is 1. The Labute approximate surface area is 121 Å². The summed E-state index contributed by atoms with van der Waals surface area (Å²) in [4.78, 5) is 2.36. The third kappa shape index (κ3) is 3.80. The van der Waals surface area contributed by atoms with Crippen LogP contribution in [-0.2, 0) is 5.88 Å². The summed E-state index contributed by atoms with van der Waals surface area (Å²) >= 11 is 12.4. The van der Waals surface area contributed by atoms with Crippen LogP contribution in [0, 0.1) is 5.92 Å². The first kappa shape index (κ1) is 15.7. The van der Waals surface area contributed by atoms with Gasteiger partial charge < -0.3 is 4.90 Å². The Kier molecular flexibility index (Phi) is 6.88. The number of anilines is 1. The summed E-state index contributed by atoms with van der Waals surface area (Å²) in [5, 5.41) is 0.806. The van der Waals surface area contributed by atoms with E-state index in [4.69, 9.17) is 23.2 Å². The van der Waals surface area contributed by atoms with Crippen molar-refractivity contribution in [2.24, 2.45) is 5.92 Å². The van der Waals surface area contributed by atoms with Crippen molar-refractivity contribution in [3.8, 4) is 0 Å². The highest BCUT2D eigenvalue weighted by atomic mass is 35.5. The summed E-state index contributed by atoms with van der Waals surface area (Å²) in [6, 6.07) is 5.97. The van der Waals surface area contributed by atoms with Crippen molar-refractivity contribution in [2.75, 3.05) is 18.0 Å². The summed E-state index contributed by atoms with van der Waals surface area (Å²) < 4.78 is 0. The monoisotopic (exact) mass is 287 g/mol. The predicted molar refractivity (Wildman–Crippen MR) is 83.0 cm³/mol. The topological polar surface area (TPSA) is 3.24 Å². The molecule has 0 aliphatic rings. The molecule has 0 amide bonds. The van der Waals surface area contributed by atoms with Gasteiger partial charge in [0, 0.05) is 19.0 Å². The van der Waals surface area contributed by atoms with E-state index in [1.807, 2.05) is 12.1 Å². The quantitative estimate of drug-likeness (QED) is 0.612. The molecule has 1 nitrogen and oxygen atoms in total. The Morgan fingerprint density at radius 2 is 1.83 bits per heavy atom. The molecule has 0 atom stereocenters. The molecule has 3 heteroatoms. The van der Waals surface area contributed by atoms with Gasteiger partial charge >= 0.3 is 0 Å². The maximum absolute atomic E-state index is 6.35. The second-order valence-corrected chi connectivity index (χ2v) is 5.28. The van der Waals surface area contributed by atoms with Gasteiger partial charge in [0.25, 0.3) is 0 Å². The molecule has 0 unspecified atom stereocenters. The van der Waals surface area contributed by atoms with Crippen LogP contribution in [0.25, 0.3) is 0 Å². The Hall–Kier alpha value is -0.400. The molecule has 0 spiro atoms. The third-order valence-corrected chi connectivity index (χ3v) is 4.14. The van der Waals surface area contributed by atoms with Crippen LogP contribution in [-0.4, -0.2) is 13.1 Å². The van der Waals surface area contributed by atoms with E-state index in [2.05, 4.69) is 31.7 Å². The van der Waals surface area contributed by atoms with Gasteiger partial charge in [-0.15, -0.1) is 11.6 Å². The Balaban J connectivity index is 3.00. The molecule has 1 aromatic carbocycles. The molecule has 0 bridgehead atoms. The number of rotatable bonds is 7. The lowest BCUT2D eigenvalue weighted by Crippen LogP contribution is -2.30. The molecule has 18 heavy (non-hydrogen) atoms. The number of hydrogen-bond donors (Lipinski definition) is 0. The van der Waals surface area contributed by atoms with E-state index >= 15 is 0 Å². The fraction of sp³-hybridized carbons (Fsp3) is 0.600. The van der Waals surface area contributed by atoms with Crippen LogP contribution in [0.3, 0.4) is 0 Å². The molecule has 1 rings (SSSR count). The van der Waals surface area contributed by atoms with E-state index in [0.29, 0.717) is 11.8 Å². The molecule has 0 aromatic heterocycles. The van der Waals surface area contributed by atoms with Crippen LogP contribution in [0.2, 0.25) is 5.02 Å². The lowest BCUT2D eigenvalue weighted by molar-refractivity contribution is 0.486. The third-order valence-electron chi connectivity index (χ3n) is 3.55. The zero-order valence-electron chi connectivity index (χ0n) is 11.5. The number of para-hydroxylation sites is 1. The van der Waals surface area contributed by atoms with E-state index in [1.54, 1.807) is 0 Å². The van der Waals surface area contributed by atoms with Crippen molar-refractivity contribution in [3.05, 3.63) is 28.8 Å². The smallest absolute Gasteiger partial charge is 0.0642 e. The molecule has 102 valence electrons. The zero-order valence-corrected chi connectivity index (χ0v) is 13.1. The highest BCUT2D eigenvalue weighted by Crippen LogP contribution is 2.32.